The minimum Gasteiger partial charge on any atom is -0.379 e. The third kappa shape index (κ3) is 3.15. The van der Waals surface area contributed by atoms with E-state index in [0.717, 1.165) is 17.4 Å². The quantitative estimate of drug-likeness (QED) is 0.882. The fraction of sp³-hybridized carbons (Fsp3) is 0.667. The third-order valence-corrected chi connectivity index (χ3v) is 3.95. The molecule has 1 saturated carbocycles. The predicted octanol–water partition coefficient (Wildman–Crippen LogP) is 3.53. The summed E-state index contributed by atoms with van der Waals surface area (Å²) in [5.74, 6) is 1.84. The molecule has 0 bridgehead atoms. The summed E-state index contributed by atoms with van der Waals surface area (Å²) in [7, 11) is 4.08. The Morgan fingerprint density at radius 1 is 1.28 bits per heavy atom. The van der Waals surface area contributed by atoms with Crippen molar-refractivity contribution in [3.05, 3.63) is 18.3 Å². The van der Waals surface area contributed by atoms with Gasteiger partial charge in [-0.25, -0.2) is 4.98 Å². The molecule has 100 valence electrons. The van der Waals surface area contributed by atoms with Gasteiger partial charge in [0.2, 0.25) is 0 Å². The van der Waals surface area contributed by atoms with Crippen LogP contribution in [-0.2, 0) is 0 Å². The Kier molecular flexibility index (Phi) is 4.45. The van der Waals surface area contributed by atoms with Crippen LogP contribution in [0.25, 0.3) is 0 Å². The largest absolute Gasteiger partial charge is 0.379 e. The number of nitrogens with zero attached hydrogens (tertiary/aromatic N) is 2. The van der Waals surface area contributed by atoms with Crippen LogP contribution in [0.2, 0.25) is 0 Å². The molecule has 1 atom stereocenters. The highest BCUT2D eigenvalue weighted by molar-refractivity contribution is 5.65. The van der Waals surface area contributed by atoms with Gasteiger partial charge in [0.15, 0.2) is 5.82 Å². The molecule has 1 heterocycles. The summed E-state index contributed by atoms with van der Waals surface area (Å²) < 4.78 is 0. The molecule has 1 aliphatic carbocycles. The molecule has 0 radical (unpaired) electrons. The SMILES string of the molecule is CC(Nc1cccnc1N(C)C)C1CCCCC1. The van der Waals surface area contributed by atoms with Crippen LogP contribution in [-0.4, -0.2) is 25.1 Å². The van der Waals surface area contributed by atoms with Gasteiger partial charge in [-0.3, -0.25) is 0 Å². The van der Waals surface area contributed by atoms with Crippen molar-refractivity contribution >= 4 is 11.5 Å². The summed E-state index contributed by atoms with van der Waals surface area (Å²) in [5, 5.41) is 3.66. The Bertz CT molecular complexity index is 370. The van der Waals surface area contributed by atoms with Gasteiger partial charge in [-0.15, -0.1) is 0 Å². The van der Waals surface area contributed by atoms with Crippen molar-refractivity contribution in [2.45, 2.75) is 45.1 Å². The van der Waals surface area contributed by atoms with Crippen LogP contribution in [0.5, 0.6) is 0 Å². The second-order valence-corrected chi connectivity index (χ2v) is 5.60. The van der Waals surface area contributed by atoms with Crippen LogP contribution >= 0.6 is 0 Å². The molecule has 3 heteroatoms. The Morgan fingerprint density at radius 3 is 2.67 bits per heavy atom. The lowest BCUT2D eigenvalue weighted by Crippen LogP contribution is -2.28. The molecular formula is C15H25N3. The highest BCUT2D eigenvalue weighted by atomic mass is 15.2. The van der Waals surface area contributed by atoms with Gasteiger partial charge >= 0.3 is 0 Å². The number of pyridine rings is 1. The molecule has 0 aliphatic heterocycles. The molecule has 0 aromatic carbocycles. The first-order valence-corrected chi connectivity index (χ1v) is 7.07. The van der Waals surface area contributed by atoms with Crippen LogP contribution in [0.4, 0.5) is 11.5 Å². The zero-order valence-electron chi connectivity index (χ0n) is 11.8. The van der Waals surface area contributed by atoms with Crippen molar-refractivity contribution in [3.8, 4) is 0 Å². The van der Waals surface area contributed by atoms with Gasteiger partial charge < -0.3 is 10.2 Å². The Hall–Kier alpha value is -1.25. The maximum absolute atomic E-state index is 4.44. The summed E-state index contributed by atoms with van der Waals surface area (Å²) in [6.07, 6.45) is 8.79. The van der Waals surface area contributed by atoms with E-state index in [-0.39, 0.29) is 0 Å². The summed E-state index contributed by atoms with van der Waals surface area (Å²) >= 11 is 0. The first-order valence-electron chi connectivity index (χ1n) is 7.07. The third-order valence-electron chi connectivity index (χ3n) is 3.95. The summed E-state index contributed by atoms with van der Waals surface area (Å²) in [5.41, 5.74) is 1.15. The van der Waals surface area contributed by atoms with Crippen LogP contribution in [0.3, 0.4) is 0 Å². The highest BCUT2D eigenvalue weighted by Crippen LogP contribution is 2.29. The average molecular weight is 247 g/mol. The normalized spacial score (nSPS) is 18.4. The Morgan fingerprint density at radius 2 is 2.00 bits per heavy atom. The highest BCUT2D eigenvalue weighted by Gasteiger charge is 2.20. The summed E-state index contributed by atoms with van der Waals surface area (Å²) in [6, 6.07) is 4.66. The van der Waals surface area contributed by atoms with Crippen LogP contribution in [0, 0.1) is 5.92 Å². The number of rotatable bonds is 4. The molecule has 1 aliphatic rings. The van der Waals surface area contributed by atoms with Gasteiger partial charge in [-0.05, 0) is 37.8 Å². The fourth-order valence-electron chi connectivity index (χ4n) is 2.86. The molecule has 0 amide bonds. The standard InChI is InChI=1S/C15H25N3/c1-12(13-8-5-4-6-9-13)17-14-10-7-11-16-15(14)18(2)3/h7,10-13,17H,4-6,8-9H2,1-3H3. The molecule has 0 spiro atoms. The van der Waals surface area contributed by atoms with Gasteiger partial charge in [0.25, 0.3) is 0 Å². The van der Waals surface area contributed by atoms with Crippen molar-refractivity contribution in [2.24, 2.45) is 5.92 Å². The van der Waals surface area contributed by atoms with E-state index in [1.165, 1.54) is 32.1 Å². The van der Waals surface area contributed by atoms with Crippen LogP contribution in [0.15, 0.2) is 18.3 Å². The molecular weight excluding hydrogens is 222 g/mol. The van der Waals surface area contributed by atoms with E-state index in [1.54, 1.807) is 0 Å². The average Bonchev–Trinajstić information content (AvgIpc) is 2.40. The van der Waals surface area contributed by atoms with Crippen molar-refractivity contribution in [1.29, 1.82) is 0 Å². The van der Waals surface area contributed by atoms with Gasteiger partial charge in [0.1, 0.15) is 0 Å². The van der Waals surface area contributed by atoms with E-state index in [2.05, 4.69) is 28.2 Å². The van der Waals surface area contributed by atoms with E-state index in [1.807, 2.05) is 26.4 Å². The fourth-order valence-corrected chi connectivity index (χ4v) is 2.86. The summed E-state index contributed by atoms with van der Waals surface area (Å²) in [6.45, 7) is 2.31. The van der Waals surface area contributed by atoms with Gasteiger partial charge in [0.05, 0.1) is 5.69 Å². The van der Waals surface area contributed by atoms with E-state index < -0.39 is 0 Å². The molecule has 1 N–H and O–H groups in total. The van der Waals surface area contributed by atoms with Gasteiger partial charge in [-0.2, -0.15) is 0 Å². The van der Waals surface area contributed by atoms with E-state index in [0.29, 0.717) is 6.04 Å². The van der Waals surface area contributed by atoms with E-state index >= 15 is 0 Å². The molecule has 18 heavy (non-hydrogen) atoms. The monoisotopic (exact) mass is 247 g/mol. The number of nitrogens with one attached hydrogen (secondary N) is 1. The van der Waals surface area contributed by atoms with Crippen molar-refractivity contribution in [1.82, 2.24) is 4.98 Å². The van der Waals surface area contributed by atoms with Gasteiger partial charge in [-0.1, -0.05) is 19.3 Å². The first kappa shape index (κ1) is 13.2. The molecule has 0 saturated heterocycles. The lowest BCUT2D eigenvalue weighted by Gasteiger charge is -2.30. The van der Waals surface area contributed by atoms with Crippen molar-refractivity contribution in [2.75, 3.05) is 24.3 Å². The lowest BCUT2D eigenvalue weighted by molar-refractivity contribution is 0.328. The van der Waals surface area contributed by atoms with Crippen molar-refractivity contribution in [3.63, 3.8) is 0 Å². The maximum atomic E-state index is 4.44. The van der Waals surface area contributed by atoms with Crippen LogP contribution < -0.4 is 10.2 Å². The first-order chi connectivity index (χ1) is 8.68. The van der Waals surface area contributed by atoms with E-state index in [4.69, 9.17) is 0 Å². The lowest BCUT2D eigenvalue weighted by atomic mass is 9.84. The number of anilines is 2. The topological polar surface area (TPSA) is 28.2 Å². The minimum atomic E-state index is 0.535. The zero-order chi connectivity index (χ0) is 13.0. The molecule has 1 fully saturated rings. The predicted molar refractivity (Wildman–Crippen MR) is 78.2 cm³/mol. The maximum Gasteiger partial charge on any atom is 0.151 e. The van der Waals surface area contributed by atoms with Crippen molar-refractivity contribution < 1.29 is 0 Å². The molecule has 1 unspecified atom stereocenters. The zero-order valence-corrected chi connectivity index (χ0v) is 11.8. The second kappa shape index (κ2) is 6.07. The minimum absolute atomic E-state index is 0.535. The molecule has 1 aromatic heterocycles. The number of aromatic nitrogens is 1. The summed E-state index contributed by atoms with van der Waals surface area (Å²) in [4.78, 5) is 6.51. The Balaban J connectivity index is 2.03. The molecule has 3 nitrogen and oxygen atoms in total. The molecule has 1 aromatic rings. The smallest absolute Gasteiger partial charge is 0.151 e. The van der Waals surface area contributed by atoms with E-state index in [9.17, 15) is 0 Å². The van der Waals surface area contributed by atoms with Crippen LogP contribution in [0.1, 0.15) is 39.0 Å². The molecule has 2 rings (SSSR count). The second-order valence-electron chi connectivity index (χ2n) is 5.60. The Labute approximate surface area is 111 Å². The number of hydrogen-bond donors (Lipinski definition) is 1. The number of hydrogen-bond acceptors (Lipinski definition) is 3. The van der Waals surface area contributed by atoms with Gasteiger partial charge in [0, 0.05) is 26.3 Å².